The van der Waals surface area contributed by atoms with Gasteiger partial charge in [0.25, 0.3) is 5.91 Å². The molecule has 0 saturated heterocycles. The molecule has 1 amide bonds. The van der Waals surface area contributed by atoms with E-state index < -0.39 is 5.97 Å². The summed E-state index contributed by atoms with van der Waals surface area (Å²) < 4.78 is 15.9. The van der Waals surface area contributed by atoms with E-state index in [1.807, 2.05) is 20.8 Å². The van der Waals surface area contributed by atoms with Gasteiger partial charge in [0.1, 0.15) is 18.1 Å². The molecule has 1 aromatic carbocycles. The first-order chi connectivity index (χ1) is 13.4. The summed E-state index contributed by atoms with van der Waals surface area (Å²) >= 11 is 0. The second-order valence-electron chi connectivity index (χ2n) is 6.83. The Bertz CT molecular complexity index is 763. The van der Waals surface area contributed by atoms with E-state index in [-0.39, 0.29) is 25.0 Å². The molecule has 7 nitrogen and oxygen atoms in total. The highest BCUT2D eigenvalue weighted by atomic mass is 16.5. The van der Waals surface area contributed by atoms with Crippen molar-refractivity contribution in [3.05, 3.63) is 46.8 Å². The number of carbonyl (C=O) groups excluding carboxylic acids is 2. The molecule has 0 aliphatic rings. The monoisotopic (exact) mass is 388 g/mol. The molecule has 152 valence electrons. The van der Waals surface area contributed by atoms with E-state index in [0.717, 1.165) is 35.4 Å². The molecule has 1 aromatic heterocycles. The van der Waals surface area contributed by atoms with Crippen LogP contribution in [-0.4, -0.2) is 29.7 Å². The smallest absolute Gasteiger partial charge is 0.310 e. The van der Waals surface area contributed by atoms with Gasteiger partial charge in [-0.3, -0.25) is 9.59 Å². The summed E-state index contributed by atoms with van der Waals surface area (Å²) in [5.41, 5.74) is 2.53. The number of esters is 1. The predicted octanol–water partition coefficient (Wildman–Crippen LogP) is 3.26. The lowest BCUT2D eigenvalue weighted by atomic mass is 10.1. The number of ether oxygens (including phenoxy) is 2. The van der Waals surface area contributed by atoms with E-state index in [4.69, 9.17) is 14.0 Å². The molecular weight excluding hydrogens is 360 g/mol. The van der Waals surface area contributed by atoms with E-state index >= 15 is 0 Å². The van der Waals surface area contributed by atoms with Gasteiger partial charge in [-0.1, -0.05) is 30.6 Å². The highest BCUT2D eigenvalue weighted by Crippen LogP contribution is 2.18. The molecule has 0 fully saturated rings. The average molecular weight is 388 g/mol. The molecule has 1 N–H and O–H groups in total. The topological polar surface area (TPSA) is 90.7 Å². The van der Waals surface area contributed by atoms with Crippen LogP contribution in [-0.2, 0) is 27.4 Å². The minimum atomic E-state index is -0.442. The largest absolute Gasteiger partial charge is 0.489 e. The number of aromatic nitrogens is 1. The molecule has 0 saturated carbocycles. The average Bonchev–Trinajstić information content (AvgIpc) is 2.97. The van der Waals surface area contributed by atoms with Crippen LogP contribution in [0.1, 0.15) is 49.3 Å². The molecule has 2 rings (SSSR count). The summed E-state index contributed by atoms with van der Waals surface area (Å²) in [6.07, 6.45) is 1.98. The lowest BCUT2D eigenvalue weighted by Gasteiger charge is -2.12. The fourth-order valence-corrected chi connectivity index (χ4v) is 2.75. The molecule has 1 atom stereocenters. The van der Waals surface area contributed by atoms with Crippen molar-refractivity contribution in [1.29, 1.82) is 0 Å². The molecule has 2 aromatic rings. The minimum absolute atomic E-state index is 0.0779. The molecule has 1 heterocycles. The second kappa shape index (κ2) is 10.5. The van der Waals surface area contributed by atoms with Gasteiger partial charge in [0.2, 0.25) is 0 Å². The van der Waals surface area contributed by atoms with Crippen LogP contribution >= 0.6 is 0 Å². The number of benzene rings is 1. The van der Waals surface area contributed by atoms with Crippen LogP contribution < -0.4 is 10.1 Å². The first kappa shape index (κ1) is 21.5. The number of nitrogens with zero attached hydrogens (tertiary/aromatic N) is 1. The Morgan fingerprint density at radius 3 is 2.54 bits per heavy atom. The zero-order valence-electron chi connectivity index (χ0n) is 16.9. The third kappa shape index (κ3) is 6.72. The fourth-order valence-electron chi connectivity index (χ4n) is 2.75. The maximum Gasteiger partial charge on any atom is 0.310 e. The van der Waals surface area contributed by atoms with Crippen molar-refractivity contribution in [3.8, 4) is 5.75 Å². The van der Waals surface area contributed by atoms with Crippen molar-refractivity contribution in [1.82, 2.24) is 10.5 Å². The van der Waals surface area contributed by atoms with E-state index in [2.05, 4.69) is 17.4 Å². The molecule has 0 aliphatic carbocycles. The number of aryl methyl sites for hydroxylation is 2. The molecule has 0 spiro atoms. The number of carbonyl (C=O) groups is 2. The van der Waals surface area contributed by atoms with Gasteiger partial charge in [-0.05, 0) is 44.9 Å². The molecular formula is C21H28N2O5. The number of hydrogen-bond acceptors (Lipinski definition) is 6. The van der Waals surface area contributed by atoms with Crippen molar-refractivity contribution < 1.29 is 23.6 Å². The summed E-state index contributed by atoms with van der Waals surface area (Å²) in [6, 6.07) is 7.26. The Hall–Kier alpha value is -2.83. The summed E-state index contributed by atoms with van der Waals surface area (Å²) in [6.45, 7) is 7.81. The number of nitrogens with one attached hydrogen (secondary N) is 1. The highest BCUT2D eigenvalue weighted by Gasteiger charge is 2.12. The van der Waals surface area contributed by atoms with Crippen molar-refractivity contribution in [2.24, 2.45) is 0 Å². The van der Waals surface area contributed by atoms with E-state index in [9.17, 15) is 9.59 Å². The minimum Gasteiger partial charge on any atom is -0.489 e. The van der Waals surface area contributed by atoms with E-state index in [0.29, 0.717) is 12.4 Å². The van der Waals surface area contributed by atoms with Crippen LogP contribution in [0.3, 0.4) is 0 Å². The van der Waals surface area contributed by atoms with Crippen LogP contribution in [0.2, 0.25) is 0 Å². The number of hydrogen-bond donors (Lipinski definition) is 1. The SMILES string of the molecule is CCCC(C)NC(=O)COC(=O)Cc1ccc(OCc2c(C)noc2C)cc1. The summed E-state index contributed by atoms with van der Waals surface area (Å²) in [5, 5.41) is 6.69. The van der Waals surface area contributed by atoms with Crippen LogP contribution in [0, 0.1) is 13.8 Å². The standard InChI is InChI=1S/C21H28N2O5/c1-5-6-14(2)22-20(24)13-27-21(25)11-17-7-9-18(10-8-17)26-12-19-15(3)23-28-16(19)4/h7-10,14H,5-6,11-13H2,1-4H3,(H,22,24). The Kier molecular flexibility index (Phi) is 8.04. The maximum absolute atomic E-state index is 11.9. The lowest BCUT2D eigenvalue weighted by molar-refractivity contribution is -0.148. The van der Waals surface area contributed by atoms with Crippen molar-refractivity contribution in [2.75, 3.05) is 6.61 Å². The predicted molar refractivity (Wildman–Crippen MR) is 104 cm³/mol. The Morgan fingerprint density at radius 2 is 1.93 bits per heavy atom. The van der Waals surface area contributed by atoms with Crippen molar-refractivity contribution >= 4 is 11.9 Å². The summed E-state index contributed by atoms with van der Waals surface area (Å²) in [5.74, 6) is 0.700. The summed E-state index contributed by atoms with van der Waals surface area (Å²) in [4.78, 5) is 23.6. The first-order valence-electron chi connectivity index (χ1n) is 9.47. The molecule has 1 unspecified atom stereocenters. The summed E-state index contributed by atoms with van der Waals surface area (Å²) in [7, 11) is 0. The normalized spacial score (nSPS) is 11.7. The molecule has 0 radical (unpaired) electrons. The fraction of sp³-hybridized carbons (Fsp3) is 0.476. The van der Waals surface area contributed by atoms with Gasteiger partial charge in [-0.2, -0.15) is 0 Å². The highest BCUT2D eigenvalue weighted by molar-refractivity contribution is 5.81. The lowest BCUT2D eigenvalue weighted by Crippen LogP contribution is -2.35. The second-order valence-corrected chi connectivity index (χ2v) is 6.83. The van der Waals surface area contributed by atoms with Gasteiger partial charge in [0, 0.05) is 6.04 Å². The van der Waals surface area contributed by atoms with Crippen LogP contribution in [0.25, 0.3) is 0 Å². The third-order valence-electron chi connectivity index (χ3n) is 4.33. The molecule has 28 heavy (non-hydrogen) atoms. The van der Waals surface area contributed by atoms with Crippen molar-refractivity contribution in [3.63, 3.8) is 0 Å². The van der Waals surface area contributed by atoms with Crippen LogP contribution in [0.15, 0.2) is 28.8 Å². The Morgan fingerprint density at radius 1 is 1.21 bits per heavy atom. The molecule has 7 heteroatoms. The number of rotatable bonds is 10. The van der Waals surface area contributed by atoms with E-state index in [1.54, 1.807) is 24.3 Å². The van der Waals surface area contributed by atoms with Gasteiger partial charge >= 0.3 is 5.97 Å². The van der Waals surface area contributed by atoms with Crippen LogP contribution in [0.5, 0.6) is 5.75 Å². The van der Waals surface area contributed by atoms with Gasteiger partial charge in [-0.25, -0.2) is 0 Å². The van der Waals surface area contributed by atoms with Gasteiger partial charge in [0.15, 0.2) is 6.61 Å². The van der Waals surface area contributed by atoms with Gasteiger partial charge in [0.05, 0.1) is 17.7 Å². The zero-order valence-corrected chi connectivity index (χ0v) is 16.9. The third-order valence-corrected chi connectivity index (χ3v) is 4.33. The zero-order chi connectivity index (χ0) is 20.5. The molecule has 0 bridgehead atoms. The maximum atomic E-state index is 11.9. The quantitative estimate of drug-likeness (QED) is 0.628. The van der Waals surface area contributed by atoms with Gasteiger partial charge in [-0.15, -0.1) is 0 Å². The Labute approximate surface area is 165 Å². The Balaban J connectivity index is 1.75. The van der Waals surface area contributed by atoms with E-state index in [1.165, 1.54) is 0 Å². The van der Waals surface area contributed by atoms with Gasteiger partial charge < -0.3 is 19.3 Å². The van der Waals surface area contributed by atoms with Crippen molar-refractivity contribution in [2.45, 2.75) is 59.6 Å². The number of amides is 1. The first-order valence-corrected chi connectivity index (χ1v) is 9.47. The molecule has 0 aliphatic heterocycles. The van der Waals surface area contributed by atoms with Crippen LogP contribution in [0.4, 0.5) is 0 Å².